The van der Waals surface area contributed by atoms with Gasteiger partial charge in [0.2, 0.25) is 0 Å². The minimum absolute atomic E-state index is 0.125. The summed E-state index contributed by atoms with van der Waals surface area (Å²) in [4.78, 5) is 8.56. The number of rotatable bonds is 1. The van der Waals surface area contributed by atoms with Crippen molar-refractivity contribution in [3.05, 3.63) is 35.6 Å². The minimum Gasteiger partial charge on any atom is -0.450 e. The lowest BCUT2D eigenvalue weighted by Crippen LogP contribution is -2.04. The van der Waals surface area contributed by atoms with Crippen molar-refractivity contribution in [3.63, 3.8) is 0 Å². The average Bonchev–Trinajstić information content (AvgIpc) is 2.30. The Bertz CT molecular complexity index is 338. The molecule has 0 amide bonds. The van der Waals surface area contributed by atoms with Gasteiger partial charge < -0.3 is 10.2 Å². The zero-order valence-corrected chi connectivity index (χ0v) is 9.60. The number of carbonyl (C=O) groups is 1. The third-order valence-corrected chi connectivity index (χ3v) is 2.95. The van der Waals surface area contributed by atoms with Crippen LogP contribution in [-0.4, -0.2) is 16.4 Å². The molecule has 3 nitrogen and oxygen atoms in total. The van der Waals surface area contributed by atoms with Crippen LogP contribution in [0.2, 0.25) is 0 Å². The van der Waals surface area contributed by atoms with E-state index in [4.69, 9.17) is 15.0 Å². The summed E-state index contributed by atoms with van der Waals surface area (Å²) in [6.07, 6.45) is 4.78. The quantitative estimate of drug-likeness (QED) is 0.777. The smallest absolute Gasteiger partial charge is 0.450 e. The third-order valence-electron chi connectivity index (χ3n) is 2.95. The van der Waals surface area contributed by atoms with Gasteiger partial charge in [0.15, 0.2) is 0 Å². The molecule has 1 aliphatic rings. The SMILES string of the molecule is Fc1ccc(C2CCCCC2)cc1.O=C(O)O. The molecule has 1 saturated carbocycles. The monoisotopic (exact) mass is 240 g/mol. The van der Waals surface area contributed by atoms with Crippen LogP contribution in [0.25, 0.3) is 0 Å². The molecule has 1 aromatic carbocycles. The second-order valence-corrected chi connectivity index (χ2v) is 4.17. The predicted molar refractivity (Wildman–Crippen MR) is 62.9 cm³/mol. The fourth-order valence-corrected chi connectivity index (χ4v) is 2.17. The summed E-state index contributed by atoms with van der Waals surface area (Å²) in [6, 6.07) is 7.02. The maximum atomic E-state index is 12.7. The van der Waals surface area contributed by atoms with E-state index in [1.54, 1.807) is 12.1 Å². The first-order chi connectivity index (χ1) is 8.09. The Morgan fingerprint density at radius 3 is 2.00 bits per heavy atom. The van der Waals surface area contributed by atoms with Crippen molar-refractivity contribution in [1.82, 2.24) is 0 Å². The van der Waals surface area contributed by atoms with Crippen LogP contribution in [0.4, 0.5) is 9.18 Å². The van der Waals surface area contributed by atoms with Crippen LogP contribution in [0.3, 0.4) is 0 Å². The lowest BCUT2D eigenvalue weighted by atomic mass is 9.84. The first-order valence-corrected chi connectivity index (χ1v) is 5.77. The molecule has 1 aliphatic carbocycles. The van der Waals surface area contributed by atoms with E-state index in [1.807, 2.05) is 12.1 Å². The highest BCUT2D eigenvalue weighted by molar-refractivity contribution is 5.53. The average molecular weight is 240 g/mol. The van der Waals surface area contributed by atoms with Gasteiger partial charge in [-0.2, -0.15) is 0 Å². The number of hydrogen-bond acceptors (Lipinski definition) is 1. The normalized spacial score (nSPS) is 15.8. The van der Waals surface area contributed by atoms with Crippen LogP contribution in [0.1, 0.15) is 43.6 Å². The van der Waals surface area contributed by atoms with Gasteiger partial charge >= 0.3 is 6.16 Å². The summed E-state index contributed by atoms with van der Waals surface area (Å²) in [5.74, 6) is 0.564. The molecule has 17 heavy (non-hydrogen) atoms. The molecule has 0 atom stereocenters. The Morgan fingerprint density at radius 2 is 1.53 bits per heavy atom. The van der Waals surface area contributed by atoms with Gasteiger partial charge in [-0.3, -0.25) is 0 Å². The van der Waals surface area contributed by atoms with Crippen molar-refractivity contribution in [1.29, 1.82) is 0 Å². The van der Waals surface area contributed by atoms with Crippen molar-refractivity contribution in [2.24, 2.45) is 0 Å². The van der Waals surface area contributed by atoms with Crippen LogP contribution in [0, 0.1) is 5.82 Å². The molecule has 0 heterocycles. The molecule has 2 N–H and O–H groups in total. The molecule has 0 aliphatic heterocycles. The first-order valence-electron chi connectivity index (χ1n) is 5.77. The van der Waals surface area contributed by atoms with E-state index in [2.05, 4.69) is 0 Å². The summed E-state index contributed by atoms with van der Waals surface area (Å²) in [5, 5.41) is 13.9. The van der Waals surface area contributed by atoms with Crippen molar-refractivity contribution in [2.75, 3.05) is 0 Å². The van der Waals surface area contributed by atoms with Crippen LogP contribution < -0.4 is 0 Å². The van der Waals surface area contributed by atoms with Gasteiger partial charge in [-0.1, -0.05) is 31.4 Å². The van der Waals surface area contributed by atoms with E-state index in [9.17, 15) is 4.39 Å². The molecule has 1 fully saturated rings. The first kappa shape index (κ1) is 13.5. The molecule has 1 aromatic rings. The summed E-state index contributed by atoms with van der Waals surface area (Å²) in [6.45, 7) is 0. The van der Waals surface area contributed by atoms with Crippen LogP contribution in [0.5, 0.6) is 0 Å². The predicted octanol–water partition coefficient (Wildman–Crippen LogP) is 4.10. The summed E-state index contributed by atoms with van der Waals surface area (Å²) in [7, 11) is 0. The zero-order chi connectivity index (χ0) is 12.7. The molecular formula is C13H17FO3. The van der Waals surface area contributed by atoms with Gasteiger partial charge in [-0.25, -0.2) is 9.18 Å². The zero-order valence-electron chi connectivity index (χ0n) is 9.60. The molecule has 0 saturated heterocycles. The van der Waals surface area contributed by atoms with E-state index < -0.39 is 6.16 Å². The molecule has 2 rings (SSSR count). The van der Waals surface area contributed by atoms with E-state index >= 15 is 0 Å². The molecule has 0 aromatic heterocycles. The van der Waals surface area contributed by atoms with E-state index in [0.29, 0.717) is 5.92 Å². The van der Waals surface area contributed by atoms with Gasteiger partial charge in [-0.05, 0) is 36.5 Å². The fourth-order valence-electron chi connectivity index (χ4n) is 2.17. The number of hydrogen-bond donors (Lipinski definition) is 2. The highest BCUT2D eigenvalue weighted by atomic mass is 19.1. The van der Waals surface area contributed by atoms with Gasteiger partial charge in [0.1, 0.15) is 5.82 Å². The maximum Gasteiger partial charge on any atom is 0.503 e. The Labute approximate surface area is 99.9 Å². The molecule has 0 spiro atoms. The highest BCUT2D eigenvalue weighted by Crippen LogP contribution is 2.32. The van der Waals surface area contributed by atoms with E-state index in [-0.39, 0.29) is 5.82 Å². The minimum atomic E-state index is -1.83. The topological polar surface area (TPSA) is 57.5 Å². The lowest BCUT2D eigenvalue weighted by Gasteiger charge is -2.21. The largest absolute Gasteiger partial charge is 0.503 e. The van der Waals surface area contributed by atoms with Gasteiger partial charge in [0.25, 0.3) is 0 Å². The Morgan fingerprint density at radius 1 is 1.06 bits per heavy atom. The molecule has 4 heteroatoms. The van der Waals surface area contributed by atoms with E-state index in [0.717, 1.165) is 0 Å². The lowest BCUT2D eigenvalue weighted by molar-refractivity contribution is 0.137. The summed E-state index contributed by atoms with van der Waals surface area (Å²) in [5.41, 5.74) is 1.32. The Hall–Kier alpha value is -1.58. The number of benzene rings is 1. The fraction of sp³-hybridized carbons (Fsp3) is 0.462. The van der Waals surface area contributed by atoms with Crippen LogP contribution in [0.15, 0.2) is 24.3 Å². The second kappa shape index (κ2) is 6.89. The standard InChI is InChI=1S/C12H15F.CH2O3/c13-12-8-6-11(7-9-12)10-4-2-1-3-5-10;2-1(3)4/h6-10H,1-5H2;(H2,2,3,4). The van der Waals surface area contributed by atoms with Gasteiger partial charge in [-0.15, -0.1) is 0 Å². The second-order valence-electron chi connectivity index (χ2n) is 4.17. The molecule has 0 unspecified atom stereocenters. The molecule has 0 radical (unpaired) electrons. The molecule has 0 bridgehead atoms. The highest BCUT2D eigenvalue weighted by Gasteiger charge is 2.14. The number of carboxylic acid groups (broad SMARTS) is 2. The van der Waals surface area contributed by atoms with Crippen molar-refractivity contribution >= 4 is 6.16 Å². The number of halogens is 1. The molecular weight excluding hydrogens is 223 g/mol. The van der Waals surface area contributed by atoms with Crippen molar-refractivity contribution in [2.45, 2.75) is 38.0 Å². The Balaban J connectivity index is 0.000000317. The van der Waals surface area contributed by atoms with Crippen molar-refractivity contribution in [3.8, 4) is 0 Å². The summed E-state index contributed by atoms with van der Waals surface area (Å²) >= 11 is 0. The summed E-state index contributed by atoms with van der Waals surface area (Å²) < 4.78 is 12.7. The van der Waals surface area contributed by atoms with Crippen LogP contribution in [-0.2, 0) is 0 Å². The van der Waals surface area contributed by atoms with E-state index in [1.165, 1.54) is 37.7 Å². The molecule has 94 valence electrons. The van der Waals surface area contributed by atoms with Gasteiger partial charge in [0.05, 0.1) is 0 Å². The Kier molecular flexibility index (Phi) is 5.46. The third kappa shape index (κ3) is 5.33. The van der Waals surface area contributed by atoms with Crippen molar-refractivity contribution < 1.29 is 19.4 Å². The van der Waals surface area contributed by atoms with Gasteiger partial charge in [0, 0.05) is 0 Å². The van der Waals surface area contributed by atoms with Crippen LogP contribution >= 0.6 is 0 Å². The maximum absolute atomic E-state index is 12.7.